The van der Waals surface area contributed by atoms with Gasteiger partial charge in [0.2, 0.25) is 0 Å². The van der Waals surface area contributed by atoms with Crippen LogP contribution in [0.15, 0.2) is 18.2 Å². The van der Waals surface area contributed by atoms with E-state index in [4.69, 9.17) is 0 Å². The first-order valence-electron chi connectivity index (χ1n) is 7.30. The molecule has 1 aromatic carbocycles. The molecule has 0 bridgehead atoms. The molecule has 3 heteroatoms. The maximum Gasteiger partial charge on any atom is 0.126 e. The molecular formula is C16H25FN2. The molecule has 1 aliphatic heterocycles. The van der Waals surface area contributed by atoms with Gasteiger partial charge in [-0.3, -0.25) is 4.90 Å². The molecule has 1 saturated heterocycles. The van der Waals surface area contributed by atoms with Crippen molar-refractivity contribution in [3.05, 3.63) is 35.1 Å². The van der Waals surface area contributed by atoms with E-state index in [0.717, 1.165) is 25.2 Å². The summed E-state index contributed by atoms with van der Waals surface area (Å²) in [5, 5.41) is 3.52. The van der Waals surface area contributed by atoms with Crippen LogP contribution < -0.4 is 5.32 Å². The first kappa shape index (κ1) is 14.5. The molecule has 1 aliphatic rings. The molecule has 1 heterocycles. The normalized spacial score (nSPS) is 24.0. The Kier molecular flexibility index (Phi) is 4.94. The fourth-order valence-corrected chi connectivity index (χ4v) is 3.08. The summed E-state index contributed by atoms with van der Waals surface area (Å²) in [6, 6.07) is 5.98. The van der Waals surface area contributed by atoms with Crippen LogP contribution in [0, 0.1) is 18.7 Å². The summed E-state index contributed by atoms with van der Waals surface area (Å²) >= 11 is 0. The zero-order valence-electron chi connectivity index (χ0n) is 12.2. The third kappa shape index (κ3) is 3.34. The van der Waals surface area contributed by atoms with Gasteiger partial charge in [0.25, 0.3) is 0 Å². The van der Waals surface area contributed by atoms with Gasteiger partial charge < -0.3 is 5.32 Å². The number of hydrogen-bond donors (Lipinski definition) is 1. The third-order valence-electron chi connectivity index (χ3n) is 4.13. The molecule has 0 spiro atoms. The van der Waals surface area contributed by atoms with E-state index < -0.39 is 0 Å². The monoisotopic (exact) mass is 264 g/mol. The van der Waals surface area contributed by atoms with Crippen molar-refractivity contribution < 1.29 is 4.39 Å². The lowest BCUT2D eigenvalue weighted by Crippen LogP contribution is -2.29. The predicted molar refractivity (Wildman–Crippen MR) is 77.8 cm³/mol. The fraction of sp³-hybridized carbons (Fsp3) is 0.625. The van der Waals surface area contributed by atoms with Gasteiger partial charge in [0, 0.05) is 6.04 Å². The van der Waals surface area contributed by atoms with Crippen LogP contribution in [0.2, 0.25) is 0 Å². The van der Waals surface area contributed by atoms with Gasteiger partial charge >= 0.3 is 0 Å². The third-order valence-corrected chi connectivity index (χ3v) is 4.13. The smallest absolute Gasteiger partial charge is 0.126 e. The average Bonchev–Trinajstić information content (AvgIpc) is 2.75. The second kappa shape index (κ2) is 6.49. The first-order valence-corrected chi connectivity index (χ1v) is 7.30. The maximum atomic E-state index is 13.4. The second-order valence-corrected chi connectivity index (χ2v) is 5.69. The number of benzene rings is 1. The lowest BCUT2D eigenvalue weighted by atomic mass is 9.92. The van der Waals surface area contributed by atoms with Gasteiger partial charge in [-0.1, -0.05) is 19.1 Å². The maximum absolute atomic E-state index is 13.4. The van der Waals surface area contributed by atoms with E-state index in [1.807, 2.05) is 19.1 Å². The zero-order chi connectivity index (χ0) is 13.8. The number of aryl methyl sites for hydroxylation is 1. The lowest BCUT2D eigenvalue weighted by Gasteiger charge is -2.26. The van der Waals surface area contributed by atoms with Crippen molar-refractivity contribution in [2.24, 2.45) is 5.92 Å². The molecule has 0 aromatic heterocycles. The SMILES string of the molecule is CCCNCC1CCN(C)C1c1ccc(F)c(C)c1. The molecule has 106 valence electrons. The molecule has 2 atom stereocenters. The van der Waals surface area contributed by atoms with Gasteiger partial charge in [0.05, 0.1) is 0 Å². The summed E-state index contributed by atoms with van der Waals surface area (Å²) in [4.78, 5) is 2.39. The van der Waals surface area contributed by atoms with Crippen molar-refractivity contribution >= 4 is 0 Å². The predicted octanol–water partition coefficient (Wildman–Crippen LogP) is 3.13. The van der Waals surface area contributed by atoms with Crippen LogP contribution in [0.5, 0.6) is 0 Å². The molecule has 0 amide bonds. The van der Waals surface area contributed by atoms with E-state index in [2.05, 4.69) is 24.2 Å². The second-order valence-electron chi connectivity index (χ2n) is 5.69. The molecule has 0 radical (unpaired) electrons. The molecular weight excluding hydrogens is 239 g/mol. The Hall–Kier alpha value is -0.930. The van der Waals surface area contributed by atoms with Gasteiger partial charge in [-0.2, -0.15) is 0 Å². The highest BCUT2D eigenvalue weighted by Gasteiger charge is 2.32. The molecule has 1 fully saturated rings. The Bertz CT molecular complexity index is 419. The van der Waals surface area contributed by atoms with Gasteiger partial charge in [0.15, 0.2) is 0 Å². The summed E-state index contributed by atoms with van der Waals surface area (Å²) in [5.41, 5.74) is 2.00. The van der Waals surface area contributed by atoms with Crippen LogP contribution in [0.1, 0.15) is 36.9 Å². The van der Waals surface area contributed by atoms with Gasteiger partial charge in [-0.25, -0.2) is 4.39 Å². The Morgan fingerprint density at radius 2 is 2.21 bits per heavy atom. The van der Waals surface area contributed by atoms with Crippen molar-refractivity contribution in [3.8, 4) is 0 Å². The van der Waals surface area contributed by atoms with Crippen LogP contribution in [-0.2, 0) is 0 Å². The highest BCUT2D eigenvalue weighted by molar-refractivity contribution is 5.27. The number of nitrogens with one attached hydrogen (secondary N) is 1. The number of hydrogen-bond acceptors (Lipinski definition) is 2. The minimum atomic E-state index is -0.106. The zero-order valence-corrected chi connectivity index (χ0v) is 12.2. The highest BCUT2D eigenvalue weighted by Crippen LogP contribution is 2.36. The van der Waals surface area contributed by atoms with E-state index in [1.165, 1.54) is 18.4 Å². The molecule has 1 N–H and O–H groups in total. The molecule has 2 unspecified atom stereocenters. The number of nitrogens with zero attached hydrogens (tertiary/aromatic N) is 1. The number of halogens is 1. The number of rotatable bonds is 5. The Morgan fingerprint density at radius 3 is 2.89 bits per heavy atom. The van der Waals surface area contributed by atoms with Crippen LogP contribution in [0.4, 0.5) is 4.39 Å². The van der Waals surface area contributed by atoms with E-state index >= 15 is 0 Å². The van der Waals surface area contributed by atoms with Crippen molar-refractivity contribution in [2.75, 3.05) is 26.7 Å². The molecule has 0 saturated carbocycles. The van der Waals surface area contributed by atoms with Gasteiger partial charge in [0.1, 0.15) is 5.82 Å². The van der Waals surface area contributed by atoms with E-state index in [0.29, 0.717) is 12.0 Å². The van der Waals surface area contributed by atoms with Crippen LogP contribution in [0.25, 0.3) is 0 Å². The van der Waals surface area contributed by atoms with Gasteiger partial charge in [-0.05, 0) is 69.6 Å². The van der Waals surface area contributed by atoms with Crippen molar-refractivity contribution in [2.45, 2.75) is 32.7 Å². The van der Waals surface area contributed by atoms with Gasteiger partial charge in [-0.15, -0.1) is 0 Å². The van der Waals surface area contributed by atoms with Crippen molar-refractivity contribution in [1.29, 1.82) is 0 Å². The standard InChI is InChI=1S/C16H25FN2/c1-4-8-18-11-14-7-9-19(3)16(14)13-5-6-15(17)12(2)10-13/h5-6,10,14,16,18H,4,7-9,11H2,1-3H3. The summed E-state index contributed by atoms with van der Waals surface area (Å²) in [6.45, 7) is 7.29. The highest BCUT2D eigenvalue weighted by atomic mass is 19.1. The summed E-state index contributed by atoms with van der Waals surface area (Å²) < 4.78 is 13.4. The Balaban J connectivity index is 2.11. The summed E-state index contributed by atoms with van der Waals surface area (Å²) in [5.74, 6) is 0.520. The average molecular weight is 264 g/mol. The largest absolute Gasteiger partial charge is 0.316 e. The molecule has 0 aliphatic carbocycles. The van der Waals surface area contributed by atoms with Crippen LogP contribution in [0.3, 0.4) is 0 Å². The first-order chi connectivity index (χ1) is 9.13. The van der Waals surface area contributed by atoms with Crippen LogP contribution >= 0.6 is 0 Å². The quantitative estimate of drug-likeness (QED) is 0.822. The molecule has 2 rings (SSSR count). The topological polar surface area (TPSA) is 15.3 Å². The van der Waals surface area contributed by atoms with Crippen LogP contribution in [-0.4, -0.2) is 31.6 Å². The lowest BCUT2D eigenvalue weighted by molar-refractivity contribution is 0.272. The summed E-state index contributed by atoms with van der Waals surface area (Å²) in [6.07, 6.45) is 2.39. The fourth-order valence-electron chi connectivity index (χ4n) is 3.08. The number of likely N-dealkylation sites (tertiary alicyclic amines) is 1. The Morgan fingerprint density at radius 1 is 1.42 bits per heavy atom. The van der Waals surface area contributed by atoms with E-state index in [1.54, 1.807) is 6.07 Å². The van der Waals surface area contributed by atoms with E-state index in [9.17, 15) is 4.39 Å². The van der Waals surface area contributed by atoms with Crippen molar-refractivity contribution in [3.63, 3.8) is 0 Å². The van der Waals surface area contributed by atoms with E-state index in [-0.39, 0.29) is 5.82 Å². The molecule has 2 nitrogen and oxygen atoms in total. The molecule has 1 aromatic rings. The molecule has 19 heavy (non-hydrogen) atoms. The minimum absolute atomic E-state index is 0.106. The van der Waals surface area contributed by atoms with Crippen molar-refractivity contribution in [1.82, 2.24) is 10.2 Å². The Labute approximate surface area is 116 Å². The minimum Gasteiger partial charge on any atom is -0.316 e. The summed E-state index contributed by atoms with van der Waals surface area (Å²) in [7, 11) is 2.17.